The maximum absolute atomic E-state index is 5.65. The molecule has 0 atom stereocenters. The van der Waals surface area contributed by atoms with Gasteiger partial charge in [-0.1, -0.05) is 6.07 Å². The number of methoxy groups -OCH3 is 1. The Balaban J connectivity index is 0.00000420. The number of aromatic nitrogens is 1. The van der Waals surface area contributed by atoms with Crippen molar-refractivity contribution < 1.29 is 9.47 Å². The lowest BCUT2D eigenvalue weighted by Crippen LogP contribution is -2.38. The van der Waals surface area contributed by atoms with Gasteiger partial charge in [0.15, 0.2) is 17.5 Å². The maximum Gasteiger partial charge on any atom is 0.190 e. The number of nitrogens with zero attached hydrogens (tertiary/aromatic N) is 2. The number of rotatable bonds is 10. The van der Waals surface area contributed by atoms with E-state index in [9.17, 15) is 0 Å². The lowest BCUT2D eigenvalue weighted by molar-refractivity contribution is 0.310. The average Bonchev–Trinajstić information content (AvgIpc) is 2.71. The fourth-order valence-corrected chi connectivity index (χ4v) is 2.96. The molecule has 0 spiro atoms. The highest BCUT2D eigenvalue weighted by atomic mass is 127. The van der Waals surface area contributed by atoms with Crippen LogP contribution >= 0.6 is 24.0 Å². The Morgan fingerprint density at radius 2 is 1.90 bits per heavy atom. The van der Waals surface area contributed by atoms with Crippen LogP contribution in [-0.2, 0) is 12.8 Å². The number of ether oxygens (including phenoxy) is 2. The molecular formula is C22H33IN4O2. The molecule has 0 fully saturated rings. The number of hydrogen-bond donors (Lipinski definition) is 2. The van der Waals surface area contributed by atoms with E-state index in [1.807, 2.05) is 25.4 Å². The molecule has 6 nitrogen and oxygen atoms in total. The van der Waals surface area contributed by atoms with Crippen LogP contribution in [0.5, 0.6) is 11.5 Å². The zero-order valence-electron chi connectivity index (χ0n) is 17.8. The molecule has 160 valence electrons. The Morgan fingerprint density at radius 3 is 2.59 bits per heavy atom. The highest BCUT2D eigenvalue weighted by Crippen LogP contribution is 2.28. The third-order valence-electron chi connectivity index (χ3n) is 4.51. The molecule has 0 unspecified atom stereocenters. The first-order chi connectivity index (χ1) is 13.7. The van der Waals surface area contributed by atoms with E-state index >= 15 is 0 Å². The van der Waals surface area contributed by atoms with Crippen molar-refractivity contribution in [3.8, 4) is 11.5 Å². The summed E-state index contributed by atoms with van der Waals surface area (Å²) >= 11 is 0. The smallest absolute Gasteiger partial charge is 0.190 e. The van der Waals surface area contributed by atoms with Crippen LogP contribution in [-0.4, -0.2) is 44.8 Å². The van der Waals surface area contributed by atoms with Crippen LogP contribution in [0.25, 0.3) is 0 Å². The number of guanidine groups is 1. The lowest BCUT2D eigenvalue weighted by atomic mass is 10.1. The Labute approximate surface area is 191 Å². The van der Waals surface area contributed by atoms with Gasteiger partial charge in [0.1, 0.15) is 0 Å². The van der Waals surface area contributed by atoms with Crippen LogP contribution in [0.15, 0.2) is 41.7 Å². The second-order valence-corrected chi connectivity index (χ2v) is 6.50. The topological polar surface area (TPSA) is 67.8 Å². The summed E-state index contributed by atoms with van der Waals surface area (Å²) in [6.45, 7) is 6.38. The summed E-state index contributed by atoms with van der Waals surface area (Å²) in [6, 6.07) is 8.19. The molecular weight excluding hydrogens is 479 g/mol. The van der Waals surface area contributed by atoms with Gasteiger partial charge in [-0.05, 0) is 68.0 Å². The largest absolute Gasteiger partial charge is 0.493 e. The molecule has 7 heteroatoms. The zero-order chi connectivity index (χ0) is 20.2. The SMILES string of the molecule is CCOc1cc(CCCNC(=NC)NCCc2ccncc2C)ccc1OC.I. The molecule has 29 heavy (non-hydrogen) atoms. The molecule has 0 bridgehead atoms. The fraction of sp³-hybridized carbons (Fsp3) is 0.455. The van der Waals surface area contributed by atoms with Gasteiger partial charge < -0.3 is 20.1 Å². The quantitative estimate of drug-likeness (QED) is 0.220. The van der Waals surface area contributed by atoms with Crippen LogP contribution in [0, 0.1) is 6.92 Å². The maximum atomic E-state index is 5.65. The Hall–Kier alpha value is -2.03. The summed E-state index contributed by atoms with van der Waals surface area (Å²) in [6.07, 6.45) is 6.65. The van der Waals surface area contributed by atoms with Gasteiger partial charge in [-0.2, -0.15) is 0 Å². The van der Waals surface area contributed by atoms with Gasteiger partial charge in [0, 0.05) is 32.5 Å². The van der Waals surface area contributed by atoms with Crippen molar-refractivity contribution in [2.45, 2.75) is 33.1 Å². The normalized spacial score (nSPS) is 10.8. The predicted octanol–water partition coefficient (Wildman–Crippen LogP) is 3.76. The van der Waals surface area contributed by atoms with Gasteiger partial charge in [-0.25, -0.2) is 0 Å². The van der Waals surface area contributed by atoms with Crippen molar-refractivity contribution >= 4 is 29.9 Å². The summed E-state index contributed by atoms with van der Waals surface area (Å²) in [4.78, 5) is 8.43. The standard InChI is InChI=1S/C22H32N4O2.HI/c1-5-28-21-15-18(8-9-20(21)27-4)7-6-12-25-22(23-3)26-14-11-19-10-13-24-16-17(19)2;/h8-10,13,15-16H,5-7,11-12,14H2,1-4H3,(H2,23,25,26);1H. The summed E-state index contributed by atoms with van der Waals surface area (Å²) in [7, 11) is 3.46. The van der Waals surface area contributed by atoms with Gasteiger partial charge in [0.05, 0.1) is 13.7 Å². The summed E-state index contributed by atoms with van der Waals surface area (Å²) in [5.74, 6) is 2.41. The molecule has 0 aliphatic rings. The van der Waals surface area contributed by atoms with Gasteiger partial charge in [0.2, 0.25) is 0 Å². The highest BCUT2D eigenvalue weighted by Gasteiger charge is 2.05. The predicted molar refractivity (Wildman–Crippen MR) is 130 cm³/mol. The Morgan fingerprint density at radius 1 is 1.10 bits per heavy atom. The van der Waals surface area contributed by atoms with E-state index in [0.717, 1.165) is 49.8 Å². The van der Waals surface area contributed by atoms with Crippen molar-refractivity contribution in [2.75, 3.05) is 33.9 Å². The number of halogens is 1. The third kappa shape index (κ3) is 8.47. The summed E-state index contributed by atoms with van der Waals surface area (Å²) in [5.41, 5.74) is 3.77. The van der Waals surface area contributed by atoms with Gasteiger partial charge >= 0.3 is 0 Å². The van der Waals surface area contributed by atoms with E-state index in [1.165, 1.54) is 16.7 Å². The third-order valence-corrected chi connectivity index (χ3v) is 4.51. The Bertz CT molecular complexity index is 768. The molecule has 1 heterocycles. The van der Waals surface area contributed by atoms with Crippen molar-refractivity contribution in [3.63, 3.8) is 0 Å². The van der Waals surface area contributed by atoms with Crippen molar-refractivity contribution in [2.24, 2.45) is 4.99 Å². The van der Waals surface area contributed by atoms with E-state index in [-0.39, 0.29) is 24.0 Å². The first-order valence-electron chi connectivity index (χ1n) is 9.81. The molecule has 1 aromatic heterocycles. The molecule has 2 N–H and O–H groups in total. The van der Waals surface area contributed by atoms with Gasteiger partial charge in [0.25, 0.3) is 0 Å². The molecule has 2 rings (SSSR count). The molecule has 2 aromatic rings. The minimum Gasteiger partial charge on any atom is -0.493 e. The number of aliphatic imine (C=N–C) groups is 1. The summed E-state index contributed by atoms with van der Waals surface area (Å²) in [5, 5.41) is 6.74. The van der Waals surface area contributed by atoms with Crippen molar-refractivity contribution in [1.82, 2.24) is 15.6 Å². The molecule has 0 saturated heterocycles. The minimum atomic E-state index is 0. The molecule has 1 aromatic carbocycles. The Kier molecular flexibility index (Phi) is 12.1. The van der Waals surface area contributed by atoms with Crippen LogP contribution < -0.4 is 20.1 Å². The minimum absolute atomic E-state index is 0. The lowest BCUT2D eigenvalue weighted by Gasteiger charge is -2.13. The van der Waals surface area contributed by atoms with E-state index in [0.29, 0.717) is 6.61 Å². The van der Waals surface area contributed by atoms with Crippen LogP contribution in [0.4, 0.5) is 0 Å². The number of benzene rings is 1. The van der Waals surface area contributed by atoms with Gasteiger partial charge in [-0.15, -0.1) is 24.0 Å². The molecule has 0 radical (unpaired) electrons. The molecule has 0 amide bonds. The fourth-order valence-electron chi connectivity index (χ4n) is 2.96. The first-order valence-corrected chi connectivity index (χ1v) is 9.81. The highest BCUT2D eigenvalue weighted by molar-refractivity contribution is 14.0. The molecule has 0 saturated carbocycles. The first kappa shape index (κ1) is 25.0. The number of hydrogen-bond acceptors (Lipinski definition) is 4. The van der Waals surface area contributed by atoms with Gasteiger partial charge in [-0.3, -0.25) is 9.98 Å². The number of nitrogens with one attached hydrogen (secondary N) is 2. The van der Waals surface area contributed by atoms with E-state index in [1.54, 1.807) is 14.2 Å². The van der Waals surface area contributed by atoms with E-state index < -0.39 is 0 Å². The van der Waals surface area contributed by atoms with Crippen LogP contribution in [0.1, 0.15) is 30.0 Å². The molecule has 0 aliphatic heterocycles. The van der Waals surface area contributed by atoms with Crippen LogP contribution in [0.2, 0.25) is 0 Å². The van der Waals surface area contributed by atoms with Crippen molar-refractivity contribution in [3.05, 3.63) is 53.3 Å². The number of aryl methyl sites for hydroxylation is 2. The average molecular weight is 512 g/mol. The van der Waals surface area contributed by atoms with E-state index in [4.69, 9.17) is 9.47 Å². The van der Waals surface area contributed by atoms with E-state index in [2.05, 4.69) is 45.7 Å². The van der Waals surface area contributed by atoms with Crippen LogP contribution in [0.3, 0.4) is 0 Å². The second-order valence-electron chi connectivity index (χ2n) is 6.50. The number of pyridine rings is 1. The zero-order valence-corrected chi connectivity index (χ0v) is 20.2. The molecule has 0 aliphatic carbocycles. The monoisotopic (exact) mass is 512 g/mol. The summed E-state index contributed by atoms with van der Waals surface area (Å²) < 4.78 is 11.0. The van der Waals surface area contributed by atoms with Crippen molar-refractivity contribution in [1.29, 1.82) is 0 Å². The second kappa shape index (κ2) is 14.0.